The second kappa shape index (κ2) is 64.6. The van der Waals surface area contributed by atoms with E-state index in [0.717, 1.165) is 91.2 Å². The van der Waals surface area contributed by atoms with Crippen LogP contribution in [0.25, 0.3) is 22.5 Å². The lowest BCUT2D eigenvalue weighted by molar-refractivity contribution is -0.385. The van der Waals surface area contributed by atoms with Gasteiger partial charge in [-0.2, -0.15) is 52.7 Å². The van der Waals surface area contributed by atoms with Crippen molar-refractivity contribution < 1.29 is 119 Å². The normalized spacial score (nSPS) is 10.2. The summed E-state index contributed by atoms with van der Waals surface area (Å²) in [6.07, 6.45) is -0.0675. The van der Waals surface area contributed by atoms with Gasteiger partial charge in [-0.25, -0.2) is 33.4 Å². The summed E-state index contributed by atoms with van der Waals surface area (Å²) >= 11 is 24.0. The maximum absolute atomic E-state index is 13.6. The highest BCUT2D eigenvalue weighted by Gasteiger charge is 2.39. The molecular weight excluding hydrogens is 1990 g/mol. The molecule has 1 amide bonds. The number of nitrogens with zero attached hydrogens (tertiary/aromatic N) is 8. The van der Waals surface area contributed by atoms with Crippen LogP contribution in [0, 0.1) is 15.9 Å². The number of halogens is 18. The van der Waals surface area contributed by atoms with E-state index in [0.29, 0.717) is 64.5 Å². The van der Waals surface area contributed by atoms with Gasteiger partial charge in [0.25, 0.3) is 5.69 Å². The number of esters is 1. The second-order valence-electron chi connectivity index (χ2n) is 24.8. The molecule has 3 radical (unpaired) electrons. The third kappa shape index (κ3) is 51.2. The number of unbranched alkanes of at least 4 members (excludes halogenated alkanes) is 5. The fourth-order valence-electron chi connectivity index (χ4n) is 8.47. The van der Waals surface area contributed by atoms with Gasteiger partial charge in [-0.15, -0.1) is 39.7 Å². The number of aromatic nitrogens is 5. The Morgan fingerprint density at radius 2 is 1.07 bits per heavy atom. The number of thiocarbonyl (C=S) groups is 1. The Labute approximate surface area is 780 Å². The maximum Gasteiger partial charge on any atom is 0.420 e. The molecular formula is C80H91BBr2Cl3F13N11O14S3Si. The van der Waals surface area contributed by atoms with Crippen LogP contribution in [0.15, 0.2) is 162 Å². The summed E-state index contributed by atoms with van der Waals surface area (Å²) in [6.45, 7) is 13.9. The average Bonchev–Trinajstić information content (AvgIpc) is 1.70. The van der Waals surface area contributed by atoms with Gasteiger partial charge < -0.3 is 40.1 Å². The summed E-state index contributed by atoms with van der Waals surface area (Å²) in [4.78, 5) is 101. The number of nitrogens with one attached hydrogen (secondary N) is 2. The molecule has 0 aliphatic heterocycles. The Kier molecular flexibility index (Phi) is 62.7. The number of non-ortho nitro benzene ring substituents is 1. The van der Waals surface area contributed by atoms with Gasteiger partial charge in [0.1, 0.15) is 23.1 Å². The smallest absolute Gasteiger partial charge is 0.420 e. The number of alkyl halides is 13. The Balaban J connectivity index is -0.000000722. The molecule has 25 nitrogen and oxygen atoms in total. The Bertz CT molecular complexity index is 4870. The van der Waals surface area contributed by atoms with E-state index in [1.54, 1.807) is 79.0 Å². The number of nitro benzene ring substituents is 1. The Morgan fingerprint density at radius 1 is 0.641 bits per heavy atom. The molecule has 9 rings (SSSR count). The van der Waals surface area contributed by atoms with E-state index < -0.39 is 88.3 Å². The molecule has 0 saturated heterocycles. The second-order valence-corrected chi connectivity index (χ2v) is 33.2. The van der Waals surface area contributed by atoms with Crippen LogP contribution in [0.4, 0.5) is 94.9 Å². The van der Waals surface area contributed by atoms with Gasteiger partial charge in [-0.1, -0.05) is 83.7 Å². The standard InChI is InChI=1S/C21H20F3N3O2S.C20H20F3N3OS.C12H15F3N2OS.C7H6BrNO.C7H3F4NO2.C4H9NOSi.C3H3ClO3.C2H3ClO2.C2H3ClO.2CH4.B.BrH/c1-2-3-4-10-29-19-8-7-16(11-17(19)21(22,23)24)27(14-28)20-26-18(13-30-20)15-6-5-9-25-12-15;1-2-3-4-10-27-18-8-7-15(11-16(18)20(21,22)23)25-19-26-17(13-28-19)14-6-5-9-24-12-14;1-2-3-6-18-10-5-4-8(17-11(16)19)7-9(10)12(13,14)15;8-4-7(10)6-2-1-3-9-5-6;8-6-2-1-4(12(13)14)3-5(6)7(9,10)11;1-7(2,3)5-4-6;1-7-3(6)2(4)5;1-5-2(3)4;1-2(3)4;;;;/h5-9,11-14H,2-4,10H2,1H3;5-9,11-13H,2-4,10H2,1H3,(H,25,26);4-5,7H,2-3,6H2,1H3,(H3,16,17,19);1-3,5H,4H2;1-3H;1-3H3;1H3;1H3;1H3;2*1H4;;1H. The number of nitro groups is 1. The van der Waals surface area contributed by atoms with Crippen molar-refractivity contribution >= 4 is 198 Å². The van der Waals surface area contributed by atoms with Crippen LogP contribution in [0.3, 0.4) is 0 Å². The van der Waals surface area contributed by atoms with Crippen LogP contribution < -0.4 is 35.5 Å². The highest BCUT2D eigenvalue weighted by atomic mass is 79.9. The molecule has 4 aromatic carbocycles. The summed E-state index contributed by atoms with van der Waals surface area (Å²) in [7, 11) is 0.848. The van der Waals surface area contributed by atoms with Crippen LogP contribution in [0.2, 0.25) is 19.6 Å². The zero-order valence-corrected chi connectivity index (χ0v) is 77.1. The van der Waals surface area contributed by atoms with Gasteiger partial charge in [0, 0.05) is 115 Å². The topological polar surface area (TPSA) is 339 Å². The molecule has 0 aliphatic carbocycles. The number of rotatable bonds is 27. The number of carbonyl (C=O) groups excluding carboxylic acids is 7. The number of anilines is 5. The lowest BCUT2D eigenvalue weighted by atomic mass is 10.1. The highest BCUT2D eigenvalue weighted by Crippen LogP contribution is 2.43. The number of thiazole rings is 2. The first kappa shape index (κ1) is 124. The summed E-state index contributed by atoms with van der Waals surface area (Å²) in [5.41, 5.74) is 3.56. The molecule has 0 unspecified atom stereocenters. The van der Waals surface area contributed by atoms with Gasteiger partial charge in [-0.3, -0.25) is 49.1 Å². The number of methoxy groups -OCH3 is 2. The largest absolute Gasteiger partial charge is 0.493 e. The van der Waals surface area contributed by atoms with Crippen molar-refractivity contribution in [2.24, 2.45) is 10.4 Å². The third-order valence-electron chi connectivity index (χ3n) is 14.1. The van der Waals surface area contributed by atoms with Crippen LogP contribution in [-0.2, 0) is 58.2 Å². The van der Waals surface area contributed by atoms with Crippen LogP contribution in [-0.4, -0.2) is 131 Å². The number of isocyanates is 1. The number of pyridine rings is 3. The molecule has 9 aromatic rings. The zero-order chi connectivity index (χ0) is 94.0. The molecule has 48 heteroatoms. The van der Waals surface area contributed by atoms with Gasteiger partial charge in [-0.05, 0) is 171 Å². The Morgan fingerprint density at radius 3 is 1.44 bits per heavy atom. The number of hydrogen-bond donors (Lipinski definition) is 3. The van der Waals surface area contributed by atoms with E-state index >= 15 is 0 Å². The van der Waals surface area contributed by atoms with E-state index in [9.17, 15) is 101 Å². The van der Waals surface area contributed by atoms with Gasteiger partial charge >= 0.3 is 41.3 Å². The van der Waals surface area contributed by atoms with Crippen LogP contribution in [0.5, 0.6) is 17.2 Å². The van der Waals surface area contributed by atoms with Crippen LogP contribution >= 0.6 is 103 Å². The van der Waals surface area contributed by atoms with Crippen molar-refractivity contribution in [1.82, 2.24) is 24.9 Å². The highest BCUT2D eigenvalue weighted by molar-refractivity contribution is 9.09. The summed E-state index contributed by atoms with van der Waals surface area (Å²) in [5, 5.41) is 18.6. The van der Waals surface area contributed by atoms with Crippen molar-refractivity contribution in [1.29, 1.82) is 0 Å². The number of hydrogen-bond acceptors (Lipinski definition) is 24. The van der Waals surface area contributed by atoms with Crippen molar-refractivity contribution in [2.45, 2.75) is 138 Å². The number of Topliss-reactive ketones (excluding diaryl/α,β-unsaturated/α-hetero) is 1. The molecule has 4 N–H and O–H groups in total. The minimum Gasteiger partial charge on any atom is -0.493 e. The summed E-state index contributed by atoms with van der Waals surface area (Å²) in [6, 6.07) is 23.2. The van der Waals surface area contributed by atoms with E-state index in [-0.39, 0.29) is 116 Å². The van der Waals surface area contributed by atoms with Crippen molar-refractivity contribution in [3.8, 4) is 39.8 Å². The number of carbonyl (C=O) groups is 6. The summed E-state index contributed by atoms with van der Waals surface area (Å²) < 4.78 is 196. The molecule has 0 spiro atoms. The number of nitrogens with two attached hydrogens (primary N) is 1. The molecule has 128 heavy (non-hydrogen) atoms. The van der Waals surface area contributed by atoms with Crippen molar-refractivity contribution in [3.63, 3.8) is 0 Å². The van der Waals surface area contributed by atoms with E-state index in [1.807, 2.05) is 57.9 Å². The lowest BCUT2D eigenvalue weighted by Crippen LogP contribution is -2.19. The monoisotopic (exact) mass is 2070 g/mol. The summed E-state index contributed by atoms with van der Waals surface area (Å²) in [5.74, 6) is -3.07. The molecule has 0 aliphatic rings. The number of ether oxygens (including phenoxy) is 5. The Hall–Kier alpha value is -10.1. The number of ketones is 1. The quantitative estimate of drug-likeness (QED) is 0.00341. The number of amides is 1. The minimum atomic E-state index is -4.92. The predicted molar refractivity (Wildman–Crippen MR) is 486 cm³/mol. The molecule has 701 valence electrons. The van der Waals surface area contributed by atoms with E-state index in [4.69, 9.17) is 19.9 Å². The van der Waals surface area contributed by atoms with E-state index in [2.05, 4.69) is 113 Å². The first-order valence-corrected chi connectivity index (χ1v) is 43.6. The molecule has 0 saturated carbocycles. The van der Waals surface area contributed by atoms with Crippen molar-refractivity contribution in [2.75, 3.05) is 54.9 Å². The minimum absolute atomic E-state index is 0. The zero-order valence-electron chi connectivity index (χ0n) is 68.1. The van der Waals surface area contributed by atoms with Gasteiger partial charge in [0.15, 0.2) is 29.4 Å². The maximum atomic E-state index is 13.6. The fraction of sp³-hybridized carbons (Fsp3) is 0.338. The number of benzene rings is 4. The predicted octanol–water partition coefficient (Wildman–Crippen LogP) is 24.9. The fourth-order valence-corrected chi connectivity index (χ4v) is 10.8. The first-order chi connectivity index (χ1) is 58.2. The molecule has 0 fully saturated rings. The van der Waals surface area contributed by atoms with E-state index in [1.165, 1.54) is 55.7 Å². The molecule has 0 atom stereocenters. The molecule has 5 aromatic heterocycles. The lowest BCUT2D eigenvalue weighted by Gasteiger charge is -2.19. The molecule has 0 bridgehead atoms. The molecule has 5 heterocycles. The third-order valence-corrected chi connectivity index (χ3v) is 17.4. The van der Waals surface area contributed by atoms with Gasteiger partial charge in [0.05, 0.1) is 83.6 Å². The van der Waals surface area contributed by atoms with Crippen molar-refractivity contribution in [3.05, 3.63) is 201 Å². The average molecular weight is 2080 g/mol. The van der Waals surface area contributed by atoms with Gasteiger partial charge in [0.2, 0.25) is 17.7 Å². The SMILES string of the molecule is Br.C.C.CC(=O)Cl.CCCCCOc1ccc(N(C=O)c2nc(-c3cccnc3)cs2)cc1C(F)(F)F.CCCCCOc1ccc(Nc2nc(-c3cccnc3)cs2)cc1C(F)(F)F.CCCCOc1ccc(NC(N)=S)cc1C(F)(F)F.COC(=O)C(=O)Cl.COC(=O)Cl.C[Si](C)(C)N=C=O.O=C(CBr)c1cccnc1.O=[N+]([O-])c1ccc(F)c(C(F)(F)F)c1.[B]. The first-order valence-electron chi connectivity index (χ1n) is 35.7. The van der Waals surface area contributed by atoms with Crippen LogP contribution in [0.1, 0.15) is 127 Å².